The van der Waals surface area contributed by atoms with Crippen molar-refractivity contribution in [1.82, 2.24) is 0 Å². The molecule has 0 spiro atoms. The van der Waals surface area contributed by atoms with E-state index < -0.39 is 21.8 Å². The van der Waals surface area contributed by atoms with Gasteiger partial charge in [-0.3, -0.25) is 0 Å². The van der Waals surface area contributed by atoms with Gasteiger partial charge in [-0.2, -0.15) is 0 Å². The summed E-state index contributed by atoms with van der Waals surface area (Å²) < 4.78 is 47.3. The highest BCUT2D eigenvalue weighted by Gasteiger charge is 2.33. The zero-order valence-electron chi connectivity index (χ0n) is 18.0. The summed E-state index contributed by atoms with van der Waals surface area (Å²) in [6, 6.07) is 15.6. The van der Waals surface area contributed by atoms with Crippen LogP contribution in [0.15, 0.2) is 69.6 Å². The van der Waals surface area contributed by atoms with Crippen LogP contribution in [0.3, 0.4) is 0 Å². The molecule has 1 N–H and O–H groups in total. The Hall–Kier alpha value is -3.17. The van der Waals surface area contributed by atoms with Crippen LogP contribution in [0, 0.1) is 5.82 Å². The fraction of sp³-hybridized carbons (Fsp3) is 0.160. The van der Waals surface area contributed by atoms with Crippen LogP contribution < -0.4 is 4.31 Å². The minimum absolute atomic E-state index is 0.0385. The molecule has 0 atom stereocenters. The second kappa shape index (κ2) is 8.25. The Morgan fingerprint density at radius 2 is 1.82 bits per heavy atom. The Kier molecular flexibility index (Phi) is 5.49. The molecule has 1 heterocycles. The average molecular weight is 544 g/mol. The Bertz CT molecular complexity index is 1540. The van der Waals surface area contributed by atoms with Crippen LogP contribution in [0.1, 0.15) is 34.7 Å². The van der Waals surface area contributed by atoms with Crippen LogP contribution in [0.25, 0.3) is 22.3 Å². The normalized spacial score (nSPS) is 13.9. The summed E-state index contributed by atoms with van der Waals surface area (Å²) in [5, 5.41) is 10.4. The number of carboxylic acids is 1. The van der Waals surface area contributed by atoms with Gasteiger partial charge in [0.15, 0.2) is 0 Å². The van der Waals surface area contributed by atoms with E-state index in [-0.39, 0.29) is 22.8 Å². The summed E-state index contributed by atoms with van der Waals surface area (Å²) in [5.74, 6) is -1.43. The molecule has 0 amide bonds. The van der Waals surface area contributed by atoms with Crippen molar-refractivity contribution in [3.8, 4) is 11.3 Å². The predicted molar refractivity (Wildman–Crippen MR) is 132 cm³/mol. The highest BCUT2D eigenvalue weighted by Crippen LogP contribution is 2.49. The van der Waals surface area contributed by atoms with E-state index in [0.29, 0.717) is 22.3 Å². The highest BCUT2D eigenvalue weighted by atomic mass is 79.9. The van der Waals surface area contributed by atoms with E-state index in [9.17, 15) is 22.7 Å². The monoisotopic (exact) mass is 543 g/mol. The molecule has 1 aliphatic rings. The zero-order valence-corrected chi connectivity index (χ0v) is 20.4. The van der Waals surface area contributed by atoms with E-state index in [2.05, 4.69) is 15.9 Å². The predicted octanol–water partition coefficient (Wildman–Crippen LogP) is 6.67. The van der Waals surface area contributed by atoms with E-state index in [1.54, 1.807) is 36.4 Å². The molecule has 0 aliphatic heterocycles. The molecular formula is C25H19BrFNO5S. The lowest BCUT2D eigenvalue weighted by Gasteiger charge is -2.25. The summed E-state index contributed by atoms with van der Waals surface area (Å²) in [5.41, 5.74) is 2.22. The molecule has 1 saturated carbocycles. The van der Waals surface area contributed by atoms with Gasteiger partial charge in [-0.05, 0) is 72.9 Å². The van der Waals surface area contributed by atoms with Crippen LogP contribution in [0.5, 0.6) is 0 Å². The third-order valence-electron chi connectivity index (χ3n) is 5.77. The SMILES string of the molecule is CS(=O)(=O)N(c1cccc(Br)c1)c1cc2oc(-c3ccc(F)cc3)c(C(=O)O)c2cc1C1CC1. The van der Waals surface area contributed by atoms with Crippen LogP contribution in [0.2, 0.25) is 0 Å². The number of benzene rings is 3. The number of sulfonamides is 1. The summed E-state index contributed by atoms with van der Waals surface area (Å²) in [7, 11) is -3.75. The molecule has 0 unspecified atom stereocenters. The third-order valence-corrected chi connectivity index (χ3v) is 7.33. The standard InChI is InChI=1S/C25H19BrFNO5S/c1-34(31,32)28(18-4-2-3-16(26)11-18)21-13-22-20(12-19(21)14-5-6-14)23(25(29)30)24(33-22)15-7-9-17(27)10-8-15/h2-4,7-14H,5-6H2,1H3,(H,29,30). The van der Waals surface area contributed by atoms with Crippen molar-refractivity contribution in [2.75, 3.05) is 10.6 Å². The maximum absolute atomic E-state index is 13.4. The van der Waals surface area contributed by atoms with Crippen molar-refractivity contribution in [2.24, 2.45) is 0 Å². The number of halogens is 2. The van der Waals surface area contributed by atoms with Gasteiger partial charge in [0.05, 0.1) is 17.6 Å². The molecule has 4 aromatic rings. The first-order chi connectivity index (χ1) is 16.1. The number of rotatable bonds is 6. The van der Waals surface area contributed by atoms with Crippen molar-refractivity contribution in [2.45, 2.75) is 18.8 Å². The van der Waals surface area contributed by atoms with Crippen molar-refractivity contribution in [3.05, 3.63) is 82.1 Å². The molecule has 0 radical (unpaired) electrons. The number of nitrogens with zero attached hydrogens (tertiary/aromatic N) is 1. The van der Waals surface area contributed by atoms with Crippen LogP contribution >= 0.6 is 15.9 Å². The van der Waals surface area contributed by atoms with Crippen molar-refractivity contribution < 1.29 is 27.1 Å². The van der Waals surface area contributed by atoms with Crippen molar-refractivity contribution in [3.63, 3.8) is 0 Å². The first-order valence-electron chi connectivity index (χ1n) is 10.5. The molecule has 3 aromatic carbocycles. The molecule has 9 heteroatoms. The van der Waals surface area contributed by atoms with E-state index in [4.69, 9.17) is 4.42 Å². The number of carbonyl (C=O) groups is 1. The third kappa shape index (κ3) is 4.10. The van der Waals surface area contributed by atoms with Gasteiger partial charge in [0.1, 0.15) is 22.7 Å². The summed E-state index contributed by atoms with van der Waals surface area (Å²) in [4.78, 5) is 12.2. The average Bonchev–Trinajstić information content (AvgIpc) is 3.53. The molecular weight excluding hydrogens is 525 g/mol. The lowest BCUT2D eigenvalue weighted by atomic mass is 10.0. The van der Waals surface area contributed by atoms with E-state index >= 15 is 0 Å². The number of hydrogen-bond donors (Lipinski definition) is 1. The number of anilines is 2. The van der Waals surface area contributed by atoms with Gasteiger partial charge in [0, 0.05) is 21.5 Å². The molecule has 0 bridgehead atoms. The second-order valence-corrected chi connectivity index (χ2v) is 11.1. The lowest BCUT2D eigenvalue weighted by Crippen LogP contribution is -2.25. The van der Waals surface area contributed by atoms with Gasteiger partial charge in [0.2, 0.25) is 10.0 Å². The number of fused-ring (bicyclic) bond motifs is 1. The Balaban J connectivity index is 1.80. The highest BCUT2D eigenvalue weighted by molar-refractivity contribution is 9.10. The quantitative estimate of drug-likeness (QED) is 0.293. The lowest BCUT2D eigenvalue weighted by molar-refractivity contribution is 0.0699. The van der Waals surface area contributed by atoms with Crippen LogP contribution in [-0.4, -0.2) is 25.7 Å². The molecule has 6 nitrogen and oxygen atoms in total. The van der Waals surface area contributed by atoms with Crippen molar-refractivity contribution in [1.29, 1.82) is 0 Å². The van der Waals surface area contributed by atoms with E-state index in [1.807, 2.05) is 0 Å². The second-order valence-electron chi connectivity index (χ2n) is 8.31. The molecule has 174 valence electrons. The molecule has 1 aromatic heterocycles. The minimum Gasteiger partial charge on any atom is -0.478 e. The first kappa shape index (κ1) is 22.6. The van der Waals surface area contributed by atoms with Gasteiger partial charge in [-0.25, -0.2) is 21.9 Å². The van der Waals surface area contributed by atoms with Gasteiger partial charge >= 0.3 is 5.97 Å². The molecule has 34 heavy (non-hydrogen) atoms. The zero-order chi connectivity index (χ0) is 24.2. The minimum atomic E-state index is -3.75. The number of furan rings is 1. The molecule has 1 fully saturated rings. The fourth-order valence-electron chi connectivity index (χ4n) is 4.17. The van der Waals surface area contributed by atoms with Crippen LogP contribution in [-0.2, 0) is 10.0 Å². The number of hydrogen-bond acceptors (Lipinski definition) is 4. The van der Waals surface area contributed by atoms with E-state index in [0.717, 1.165) is 29.1 Å². The molecule has 0 saturated heterocycles. The van der Waals surface area contributed by atoms with Crippen LogP contribution in [0.4, 0.5) is 15.8 Å². The fourth-order valence-corrected chi connectivity index (χ4v) is 5.57. The van der Waals surface area contributed by atoms with Gasteiger partial charge in [-0.15, -0.1) is 0 Å². The number of aromatic carboxylic acids is 1. The summed E-state index contributed by atoms with van der Waals surface area (Å²) >= 11 is 3.40. The smallest absolute Gasteiger partial charge is 0.340 e. The van der Waals surface area contributed by atoms with Gasteiger partial charge in [0.25, 0.3) is 0 Å². The maximum Gasteiger partial charge on any atom is 0.340 e. The van der Waals surface area contributed by atoms with Gasteiger partial charge < -0.3 is 9.52 Å². The Morgan fingerprint density at radius 3 is 2.41 bits per heavy atom. The topological polar surface area (TPSA) is 87.8 Å². The Morgan fingerprint density at radius 1 is 1.12 bits per heavy atom. The largest absolute Gasteiger partial charge is 0.478 e. The first-order valence-corrected chi connectivity index (χ1v) is 13.1. The van der Waals surface area contributed by atoms with E-state index in [1.165, 1.54) is 28.6 Å². The molecule has 1 aliphatic carbocycles. The number of carboxylic acid groups (broad SMARTS) is 1. The summed E-state index contributed by atoms with van der Waals surface area (Å²) in [6.45, 7) is 0. The van der Waals surface area contributed by atoms with Gasteiger partial charge in [-0.1, -0.05) is 22.0 Å². The molecule has 5 rings (SSSR count). The maximum atomic E-state index is 13.4. The Labute approximate surface area is 203 Å². The van der Waals surface area contributed by atoms with Crippen molar-refractivity contribution >= 4 is 54.3 Å². The summed E-state index contributed by atoms with van der Waals surface area (Å²) in [6.07, 6.45) is 2.88.